The summed E-state index contributed by atoms with van der Waals surface area (Å²) in [6.45, 7) is 5.54. The average Bonchev–Trinajstić information content (AvgIpc) is 3.08. The van der Waals surface area contributed by atoms with Crippen molar-refractivity contribution in [1.29, 1.82) is 0 Å². The number of nitrogens with zero attached hydrogens (tertiary/aromatic N) is 4. The second-order valence-electron chi connectivity index (χ2n) is 7.60. The number of hydrogen-bond donors (Lipinski definition) is 0. The Hall–Kier alpha value is -1.47. The zero-order chi connectivity index (χ0) is 17.2. The lowest BCUT2D eigenvalue weighted by molar-refractivity contribution is -0.150. The van der Waals surface area contributed by atoms with Crippen LogP contribution >= 0.6 is 0 Å². The highest BCUT2D eigenvalue weighted by atomic mass is 16.5. The molecule has 1 amide bonds. The molecule has 3 heterocycles. The van der Waals surface area contributed by atoms with Gasteiger partial charge in [0.05, 0.1) is 31.2 Å². The Kier molecular flexibility index (Phi) is 5.03. The van der Waals surface area contributed by atoms with Crippen LogP contribution in [0.3, 0.4) is 0 Å². The number of ether oxygens (including phenoxy) is 1. The molecule has 3 fully saturated rings. The normalized spacial score (nSPS) is 30.9. The van der Waals surface area contributed by atoms with Gasteiger partial charge in [0.15, 0.2) is 5.82 Å². The van der Waals surface area contributed by atoms with E-state index in [1.54, 1.807) is 0 Å². The Morgan fingerprint density at radius 2 is 2.08 bits per heavy atom. The maximum absolute atomic E-state index is 12.9. The van der Waals surface area contributed by atoms with Gasteiger partial charge in [0.2, 0.25) is 11.8 Å². The fourth-order valence-corrected chi connectivity index (χ4v) is 4.57. The van der Waals surface area contributed by atoms with Crippen LogP contribution in [-0.2, 0) is 9.53 Å². The minimum Gasteiger partial charge on any atom is -0.374 e. The zero-order valence-corrected chi connectivity index (χ0v) is 15.0. The molecule has 0 N–H and O–H groups in total. The number of rotatable bonds is 3. The molecule has 1 saturated carbocycles. The van der Waals surface area contributed by atoms with E-state index in [4.69, 9.17) is 9.26 Å². The SMILES string of the molecule is Cc1noc([C@@H]2CCCN(CC(=O)N3CCO[C@H]4CCCC[C@H]43)C2)n1. The summed E-state index contributed by atoms with van der Waals surface area (Å²) >= 11 is 0. The predicted molar refractivity (Wildman–Crippen MR) is 91.2 cm³/mol. The van der Waals surface area contributed by atoms with Crippen LogP contribution in [0.1, 0.15) is 56.2 Å². The molecule has 4 rings (SSSR count). The number of amides is 1. The molecule has 3 aliphatic rings. The number of carbonyl (C=O) groups is 1. The lowest BCUT2D eigenvalue weighted by atomic mass is 9.90. The molecule has 25 heavy (non-hydrogen) atoms. The Labute approximate surface area is 148 Å². The number of aromatic nitrogens is 2. The summed E-state index contributed by atoms with van der Waals surface area (Å²) in [4.78, 5) is 21.7. The average molecular weight is 348 g/mol. The van der Waals surface area contributed by atoms with E-state index < -0.39 is 0 Å². The van der Waals surface area contributed by atoms with E-state index in [0.717, 1.165) is 45.3 Å². The van der Waals surface area contributed by atoms with Crippen LogP contribution in [0.5, 0.6) is 0 Å². The highest BCUT2D eigenvalue weighted by Gasteiger charge is 2.37. The first-order chi connectivity index (χ1) is 12.2. The number of fused-ring (bicyclic) bond motifs is 1. The van der Waals surface area contributed by atoms with E-state index in [1.807, 2.05) is 6.92 Å². The molecule has 2 saturated heterocycles. The van der Waals surface area contributed by atoms with Crippen molar-refractivity contribution >= 4 is 5.91 Å². The predicted octanol–water partition coefficient (Wildman–Crippen LogP) is 1.73. The zero-order valence-electron chi connectivity index (χ0n) is 15.0. The van der Waals surface area contributed by atoms with Crippen LogP contribution in [0.25, 0.3) is 0 Å². The maximum Gasteiger partial charge on any atom is 0.237 e. The van der Waals surface area contributed by atoms with Crippen LogP contribution in [-0.4, -0.2) is 70.8 Å². The van der Waals surface area contributed by atoms with Gasteiger partial charge in [-0.15, -0.1) is 0 Å². The van der Waals surface area contributed by atoms with Crippen molar-refractivity contribution in [3.05, 3.63) is 11.7 Å². The van der Waals surface area contributed by atoms with Gasteiger partial charge in [-0.2, -0.15) is 4.98 Å². The Morgan fingerprint density at radius 3 is 2.92 bits per heavy atom. The molecule has 0 spiro atoms. The summed E-state index contributed by atoms with van der Waals surface area (Å²) < 4.78 is 11.2. The first-order valence-electron chi connectivity index (χ1n) is 9.64. The topological polar surface area (TPSA) is 71.7 Å². The molecule has 0 aromatic carbocycles. The third kappa shape index (κ3) is 3.72. The number of hydrogen-bond acceptors (Lipinski definition) is 6. The molecule has 138 valence electrons. The van der Waals surface area contributed by atoms with Crippen LogP contribution in [0.4, 0.5) is 0 Å². The van der Waals surface area contributed by atoms with Crippen molar-refractivity contribution < 1.29 is 14.1 Å². The fourth-order valence-electron chi connectivity index (χ4n) is 4.57. The maximum atomic E-state index is 12.9. The lowest BCUT2D eigenvalue weighted by Crippen LogP contribution is -2.57. The van der Waals surface area contributed by atoms with Crippen LogP contribution < -0.4 is 0 Å². The molecular weight excluding hydrogens is 320 g/mol. The van der Waals surface area contributed by atoms with E-state index in [2.05, 4.69) is 19.9 Å². The van der Waals surface area contributed by atoms with E-state index >= 15 is 0 Å². The summed E-state index contributed by atoms with van der Waals surface area (Å²) in [5, 5.41) is 3.90. The van der Waals surface area contributed by atoms with E-state index in [1.165, 1.54) is 12.8 Å². The highest BCUT2D eigenvalue weighted by molar-refractivity contribution is 5.78. The summed E-state index contributed by atoms with van der Waals surface area (Å²) in [6, 6.07) is 0.286. The fraction of sp³-hybridized carbons (Fsp3) is 0.833. The minimum atomic E-state index is 0.245. The smallest absolute Gasteiger partial charge is 0.237 e. The van der Waals surface area contributed by atoms with Gasteiger partial charge in [0, 0.05) is 13.1 Å². The number of morpholine rings is 1. The van der Waals surface area contributed by atoms with E-state index in [0.29, 0.717) is 24.9 Å². The van der Waals surface area contributed by atoms with Crippen LogP contribution in [0, 0.1) is 6.92 Å². The van der Waals surface area contributed by atoms with E-state index in [9.17, 15) is 4.79 Å². The van der Waals surface area contributed by atoms with Gasteiger partial charge in [-0.05, 0) is 39.2 Å². The lowest BCUT2D eigenvalue weighted by Gasteiger charge is -2.44. The summed E-state index contributed by atoms with van der Waals surface area (Å²) in [6.07, 6.45) is 6.97. The minimum absolute atomic E-state index is 0.245. The van der Waals surface area contributed by atoms with Gasteiger partial charge < -0.3 is 14.2 Å². The second-order valence-corrected chi connectivity index (χ2v) is 7.60. The first-order valence-corrected chi connectivity index (χ1v) is 9.64. The number of carbonyl (C=O) groups excluding carboxylic acids is 1. The second kappa shape index (κ2) is 7.41. The van der Waals surface area contributed by atoms with Crippen molar-refractivity contribution in [2.75, 3.05) is 32.8 Å². The molecule has 2 aliphatic heterocycles. The van der Waals surface area contributed by atoms with Crippen LogP contribution in [0.2, 0.25) is 0 Å². The van der Waals surface area contributed by atoms with Gasteiger partial charge in [-0.25, -0.2) is 0 Å². The Morgan fingerprint density at radius 1 is 1.20 bits per heavy atom. The van der Waals surface area contributed by atoms with Gasteiger partial charge in [0.1, 0.15) is 0 Å². The quantitative estimate of drug-likeness (QED) is 0.828. The van der Waals surface area contributed by atoms with Gasteiger partial charge in [-0.1, -0.05) is 18.0 Å². The van der Waals surface area contributed by atoms with Crippen molar-refractivity contribution in [2.45, 2.75) is 63.5 Å². The monoisotopic (exact) mass is 348 g/mol. The largest absolute Gasteiger partial charge is 0.374 e. The summed E-state index contributed by atoms with van der Waals surface area (Å²) in [5.74, 6) is 1.89. The molecule has 7 heteroatoms. The van der Waals surface area contributed by atoms with Gasteiger partial charge in [-0.3, -0.25) is 9.69 Å². The molecular formula is C18H28N4O3. The van der Waals surface area contributed by atoms with E-state index in [-0.39, 0.29) is 24.0 Å². The summed E-state index contributed by atoms with van der Waals surface area (Å²) in [7, 11) is 0. The van der Waals surface area contributed by atoms with Crippen molar-refractivity contribution in [1.82, 2.24) is 19.9 Å². The molecule has 1 aromatic heterocycles. The Balaban J connectivity index is 1.36. The molecule has 7 nitrogen and oxygen atoms in total. The number of piperidine rings is 1. The molecule has 0 bridgehead atoms. The standard InChI is InChI=1S/C18H28N4O3/c1-13-19-18(25-20-13)14-5-4-8-21(11-14)12-17(23)22-9-10-24-16-7-3-2-6-15(16)22/h14-16H,2-12H2,1H3/t14-,15-,16+/m1/s1. The van der Waals surface area contributed by atoms with Crippen molar-refractivity contribution in [2.24, 2.45) is 0 Å². The molecule has 1 aromatic rings. The number of likely N-dealkylation sites (tertiary alicyclic amines) is 1. The summed E-state index contributed by atoms with van der Waals surface area (Å²) in [5.41, 5.74) is 0. The van der Waals surface area contributed by atoms with Crippen molar-refractivity contribution in [3.8, 4) is 0 Å². The van der Waals surface area contributed by atoms with Gasteiger partial charge in [0.25, 0.3) is 0 Å². The highest BCUT2D eigenvalue weighted by Crippen LogP contribution is 2.29. The van der Waals surface area contributed by atoms with Crippen LogP contribution in [0.15, 0.2) is 4.52 Å². The third-order valence-electron chi connectivity index (χ3n) is 5.81. The first kappa shape index (κ1) is 17.0. The Bertz CT molecular complexity index is 603. The van der Waals surface area contributed by atoms with Gasteiger partial charge >= 0.3 is 0 Å². The number of aryl methyl sites for hydroxylation is 1. The molecule has 1 aliphatic carbocycles. The van der Waals surface area contributed by atoms with Crippen molar-refractivity contribution in [3.63, 3.8) is 0 Å². The molecule has 3 atom stereocenters. The molecule has 0 radical (unpaired) electrons. The molecule has 0 unspecified atom stereocenters. The third-order valence-corrected chi connectivity index (χ3v) is 5.81.